The van der Waals surface area contributed by atoms with Crippen molar-refractivity contribution in [1.29, 1.82) is 0 Å². The van der Waals surface area contributed by atoms with Gasteiger partial charge in [0, 0.05) is 6.54 Å². The minimum atomic E-state index is 0.0340. The van der Waals surface area contributed by atoms with Gasteiger partial charge in [-0.25, -0.2) is 0 Å². The maximum absolute atomic E-state index is 5.99. The summed E-state index contributed by atoms with van der Waals surface area (Å²) in [5.41, 5.74) is 7.32. The van der Waals surface area contributed by atoms with E-state index in [1.54, 1.807) is 7.11 Å². The summed E-state index contributed by atoms with van der Waals surface area (Å²) in [6.07, 6.45) is 2.37. The summed E-state index contributed by atoms with van der Waals surface area (Å²) in [7, 11) is 3.85. The van der Waals surface area contributed by atoms with Gasteiger partial charge in [-0.15, -0.1) is 0 Å². The first-order valence-corrected chi connectivity index (χ1v) is 5.79. The van der Waals surface area contributed by atoms with Gasteiger partial charge in [0.1, 0.15) is 5.75 Å². The third-order valence-electron chi connectivity index (χ3n) is 3.78. The third-order valence-corrected chi connectivity index (χ3v) is 3.78. The van der Waals surface area contributed by atoms with Gasteiger partial charge in [0.15, 0.2) is 0 Å². The highest BCUT2D eigenvalue weighted by Gasteiger charge is 2.38. The van der Waals surface area contributed by atoms with E-state index in [4.69, 9.17) is 10.5 Å². The molecule has 1 aliphatic rings. The van der Waals surface area contributed by atoms with Gasteiger partial charge in [-0.3, -0.25) is 4.90 Å². The molecular formula is C13H20N2O. The second-order valence-corrected chi connectivity index (χ2v) is 4.49. The molecule has 1 atom stereocenters. The summed E-state index contributed by atoms with van der Waals surface area (Å²) < 4.78 is 5.18. The van der Waals surface area contributed by atoms with E-state index in [2.05, 4.69) is 24.1 Å². The van der Waals surface area contributed by atoms with Crippen molar-refractivity contribution in [3.63, 3.8) is 0 Å². The lowest BCUT2D eigenvalue weighted by Gasteiger charge is -2.35. The fraction of sp³-hybridized carbons (Fsp3) is 0.538. The molecule has 1 fully saturated rings. The van der Waals surface area contributed by atoms with Gasteiger partial charge < -0.3 is 10.5 Å². The summed E-state index contributed by atoms with van der Waals surface area (Å²) in [6, 6.07) is 8.29. The Balaban J connectivity index is 2.33. The predicted molar refractivity (Wildman–Crippen MR) is 65.6 cm³/mol. The zero-order chi connectivity index (χ0) is 11.6. The number of rotatable bonds is 3. The molecule has 1 aromatic carbocycles. The first-order valence-electron chi connectivity index (χ1n) is 5.79. The normalized spacial score (nSPS) is 25.9. The van der Waals surface area contributed by atoms with E-state index >= 15 is 0 Å². The molecule has 1 aliphatic heterocycles. The zero-order valence-corrected chi connectivity index (χ0v) is 10.1. The average Bonchev–Trinajstić information content (AvgIpc) is 2.72. The Kier molecular flexibility index (Phi) is 3.17. The molecule has 0 radical (unpaired) electrons. The molecule has 0 spiro atoms. The summed E-state index contributed by atoms with van der Waals surface area (Å²) in [5, 5.41) is 0. The lowest BCUT2D eigenvalue weighted by molar-refractivity contribution is 0.183. The SMILES string of the molecule is COc1ccc(C2(CN)CCCN2C)cc1. The maximum Gasteiger partial charge on any atom is 0.118 e. The molecular weight excluding hydrogens is 200 g/mol. The number of nitrogens with zero attached hydrogens (tertiary/aromatic N) is 1. The predicted octanol–water partition coefficient (Wildman–Crippen LogP) is 1.57. The number of hydrogen-bond acceptors (Lipinski definition) is 3. The van der Waals surface area contributed by atoms with E-state index in [9.17, 15) is 0 Å². The molecule has 16 heavy (non-hydrogen) atoms. The van der Waals surface area contributed by atoms with Crippen molar-refractivity contribution >= 4 is 0 Å². The topological polar surface area (TPSA) is 38.5 Å². The van der Waals surface area contributed by atoms with E-state index < -0.39 is 0 Å². The molecule has 3 heteroatoms. The summed E-state index contributed by atoms with van der Waals surface area (Å²) in [6.45, 7) is 1.80. The Labute approximate surface area is 97.2 Å². The lowest BCUT2D eigenvalue weighted by Crippen LogP contribution is -2.44. The van der Waals surface area contributed by atoms with Gasteiger partial charge >= 0.3 is 0 Å². The molecule has 1 aromatic rings. The molecule has 1 heterocycles. The van der Waals surface area contributed by atoms with Crippen LogP contribution < -0.4 is 10.5 Å². The Hall–Kier alpha value is -1.06. The van der Waals surface area contributed by atoms with Crippen LogP contribution >= 0.6 is 0 Å². The summed E-state index contributed by atoms with van der Waals surface area (Å²) in [4.78, 5) is 2.37. The van der Waals surface area contributed by atoms with Crippen molar-refractivity contribution in [2.45, 2.75) is 18.4 Å². The van der Waals surface area contributed by atoms with Crippen molar-refractivity contribution in [3.8, 4) is 5.75 Å². The number of methoxy groups -OCH3 is 1. The molecule has 1 unspecified atom stereocenters. The zero-order valence-electron chi connectivity index (χ0n) is 10.1. The van der Waals surface area contributed by atoms with Crippen molar-refractivity contribution in [3.05, 3.63) is 29.8 Å². The number of likely N-dealkylation sites (N-methyl/N-ethyl adjacent to an activating group) is 1. The Morgan fingerprint density at radius 3 is 2.50 bits per heavy atom. The molecule has 0 bridgehead atoms. The molecule has 1 saturated heterocycles. The fourth-order valence-electron chi connectivity index (χ4n) is 2.66. The molecule has 0 aromatic heterocycles. The van der Waals surface area contributed by atoms with Crippen LogP contribution in [0.25, 0.3) is 0 Å². The van der Waals surface area contributed by atoms with Gasteiger partial charge in [0.2, 0.25) is 0 Å². The standard InChI is InChI=1S/C13H20N2O/c1-15-9-3-8-13(15,10-14)11-4-6-12(16-2)7-5-11/h4-7H,3,8-10,14H2,1-2H3. The van der Waals surface area contributed by atoms with E-state index in [0.29, 0.717) is 6.54 Å². The van der Waals surface area contributed by atoms with Gasteiger partial charge in [0.05, 0.1) is 12.6 Å². The summed E-state index contributed by atoms with van der Waals surface area (Å²) >= 11 is 0. The highest BCUT2D eigenvalue weighted by Crippen LogP contribution is 2.37. The number of nitrogens with two attached hydrogens (primary N) is 1. The van der Waals surface area contributed by atoms with Crippen LogP contribution in [0.4, 0.5) is 0 Å². The van der Waals surface area contributed by atoms with Crippen LogP contribution in [-0.2, 0) is 5.54 Å². The number of benzene rings is 1. The second-order valence-electron chi connectivity index (χ2n) is 4.49. The number of hydrogen-bond donors (Lipinski definition) is 1. The molecule has 2 rings (SSSR count). The summed E-state index contributed by atoms with van der Waals surface area (Å²) in [5.74, 6) is 0.900. The Morgan fingerprint density at radius 2 is 2.06 bits per heavy atom. The van der Waals surface area contributed by atoms with Crippen molar-refractivity contribution in [2.75, 3.05) is 27.2 Å². The van der Waals surface area contributed by atoms with Gasteiger partial charge in [0.25, 0.3) is 0 Å². The minimum absolute atomic E-state index is 0.0340. The first kappa shape index (κ1) is 11.4. The molecule has 3 nitrogen and oxygen atoms in total. The monoisotopic (exact) mass is 220 g/mol. The highest BCUT2D eigenvalue weighted by atomic mass is 16.5. The smallest absolute Gasteiger partial charge is 0.118 e. The molecule has 0 aliphatic carbocycles. The first-order chi connectivity index (χ1) is 7.73. The van der Waals surface area contributed by atoms with Crippen molar-refractivity contribution < 1.29 is 4.74 Å². The van der Waals surface area contributed by atoms with E-state index in [0.717, 1.165) is 18.7 Å². The van der Waals surface area contributed by atoms with Crippen LogP contribution in [0.2, 0.25) is 0 Å². The van der Waals surface area contributed by atoms with Gasteiger partial charge in [-0.05, 0) is 44.1 Å². The largest absolute Gasteiger partial charge is 0.497 e. The fourth-order valence-corrected chi connectivity index (χ4v) is 2.66. The molecule has 88 valence electrons. The second kappa shape index (κ2) is 4.44. The molecule has 0 amide bonds. The van der Waals surface area contributed by atoms with Crippen LogP contribution in [0.3, 0.4) is 0 Å². The number of likely N-dealkylation sites (tertiary alicyclic amines) is 1. The molecule has 2 N–H and O–H groups in total. The van der Waals surface area contributed by atoms with E-state index in [1.165, 1.54) is 12.0 Å². The van der Waals surface area contributed by atoms with Crippen LogP contribution in [0.5, 0.6) is 5.75 Å². The third kappa shape index (κ3) is 1.70. The van der Waals surface area contributed by atoms with Crippen LogP contribution in [0.15, 0.2) is 24.3 Å². The number of ether oxygens (including phenoxy) is 1. The minimum Gasteiger partial charge on any atom is -0.497 e. The molecule has 0 saturated carbocycles. The lowest BCUT2D eigenvalue weighted by atomic mass is 9.87. The van der Waals surface area contributed by atoms with E-state index in [-0.39, 0.29) is 5.54 Å². The highest BCUT2D eigenvalue weighted by molar-refractivity contribution is 5.33. The van der Waals surface area contributed by atoms with Crippen LogP contribution in [-0.4, -0.2) is 32.1 Å². The van der Waals surface area contributed by atoms with E-state index in [1.807, 2.05) is 12.1 Å². The quantitative estimate of drug-likeness (QED) is 0.840. The van der Waals surface area contributed by atoms with Crippen LogP contribution in [0.1, 0.15) is 18.4 Å². The maximum atomic E-state index is 5.99. The average molecular weight is 220 g/mol. The van der Waals surface area contributed by atoms with Gasteiger partial charge in [-0.2, -0.15) is 0 Å². The van der Waals surface area contributed by atoms with Crippen molar-refractivity contribution in [2.24, 2.45) is 5.73 Å². The van der Waals surface area contributed by atoms with Crippen molar-refractivity contribution in [1.82, 2.24) is 4.90 Å². The van der Waals surface area contributed by atoms with Gasteiger partial charge in [-0.1, -0.05) is 12.1 Å². The Morgan fingerprint density at radius 1 is 1.38 bits per heavy atom. The van der Waals surface area contributed by atoms with Crippen LogP contribution in [0, 0.1) is 0 Å². The Bertz CT molecular complexity index is 349.